The molecular weight excluding hydrogens is 617 g/mol. The second kappa shape index (κ2) is 11.4. The molecule has 0 N–H and O–H groups in total. The molecule has 0 saturated heterocycles. The highest BCUT2D eigenvalue weighted by molar-refractivity contribution is 6.24. The van der Waals surface area contributed by atoms with Gasteiger partial charge in [-0.15, -0.1) is 0 Å². The van der Waals surface area contributed by atoms with Crippen LogP contribution in [0.2, 0.25) is 0 Å². The molecular formula is C44H26N4O2. The molecule has 0 unspecified atom stereocenters. The maximum atomic E-state index is 6.62. The van der Waals surface area contributed by atoms with Crippen LogP contribution in [0.15, 0.2) is 167 Å². The molecule has 3 aromatic heterocycles. The molecule has 0 aliphatic carbocycles. The molecule has 234 valence electrons. The average Bonchev–Trinajstić information content (AvgIpc) is 3.81. The molecule has 0 saturated carbocycles. The van der Waals surface area contributed by atoms with E-state index in [-0.39, 0.29) is 0 Å². The fourth-order valence-corrected chi connectivity index (χ4v) is 6.73. The summed E-state index contributed by atoms with van der Waals surface area (Å²) < 4.78 is 13.2. The first kappa shape index (κ1) is 28.1. The van der Waals surface area contributed by atoms with Crippen LogP contribution in [0.25, 0.3) is 101 Å². The number of aromatic nitrogens is 4. The Hall–Kier alpha value is -6.92. The molecule has 0 fully saturated rings. The summed E-state index contributed by atoms with van der Waals surface area (Å²) in [6, 6.07) is 53.1. The number of hydrogen-bond donors (Lipinski definition) is 0. The number of fused-ring (bicyclic) bond motifs is 7. The highest BCUT2D eigenvalue weighted by Crippen LogP contribution is 2.43. The molecule has 0 amide bonds. The zero-order valence-corrected chi connectivity index (χ0v) is 26.6. The SMILES string of the molecule is c1ccc(-c2ccc(-c3nc(-c4ccccc4)nc(-c4cc5c(oc6ccc7ccccc7c65)c5nc(-c6ccccc6)oc45)n3)cc2)cc1. The molecule has 10 aromatic rings. The van der Waals surface area contributed by atoms with Gasteiger partial charge in [-0.3, -0.25) is 0 Å². The zero-order valence-electron chi connectivity index (χ0n) is 26.6. The average molecular weight is 643 g/mol. The van der Waals surface area contributed by atoms with Gasteiger partial charge in [0.25, 0.3) is 0 Å². The smallest absolute Gasteiger partial charge is 0.227 e. The van der Waals surface area contributed by atoms with E-state index >= 15 is 0 Å². The van der Waals surface area contributed by atoms with Crippen molar-refractivity contribution in [3.05, 3.63) is 158 Å². The minimum absolute atomic E-state index is 0.484. The van der Waals surface area contributed by atoms with Crippen molar-refractivity contribution in [2.24, 2.45) is 0 Å². The van der Waals surface area contributed by atoms with E-state index in [2.05, 4.69) is 66.7 Å². The summed E-state index contributed by atoms with van der Waals surface area (Å²) in [5.41, 5.74) is 8.22. The van der Waals surface area contributed by atoms with Gasteiger partial charge >= 0.3 is 0 Å². The molecule has 50 heavy (non-hydrogen) atoms. The lowest BCUT2D eigenvalue weighted by Crippen LogP contribution is -2.00. The minimum Gasteiger partial charge on any atom is -0.454 e. The summed E-state index contributed by atoms with van der Waals surface area (Å²) in [6.45, 7) is 0. The first-order chi connectivity index (χ1) is 24.8. The Labute approximate surface area is 286 Å². The predicted octanol–water partition coefficient (Wildman–Crippen LogP) is 11.4. The number of rotatable bonds is 5. The Morgan fingerprint density at radius 3 is 1.66 bits per heavy atom. The third kappa shape index (κ3) is 4.65. The Bertz CT molecular complexity index is 2840. The fourth-order valence-electron chi connectivity index (χ4n) is 6.73. The summed E-state index contributed by atoms with van der Waals surface area (Å²) in [7, 11) is 0. The van der Waals surface area contributed by atoms with Crippen molar-refractivity contribution in [3.63, 3.8) is 0 Å². The minimum atomic E-state index is 0.484. The quantitative estimate of drug-likeness (QED) is 0.186. The summed E-state index contributed by atoms with van der Waals surface area (Å²) in [4.78, 5) is 20.2. The molecule has 0 atom stereocenters. The number of furan rings is 1. The number of oxazole rings is 1. The van der Waals surface area contributed by atoms with Crippen LogP contribution in [0.5, 0.6) is 0 Å². The highest BCUT2D eigenvalue weighted by atomic mass is 16.4. The van der Waals surface area contributed by atoms with Gasteiger partial charge in [0.05, 0.1) is 5.56 Å². The molecule has 0 aliphatic heterocycles. The molecule has 6 heteroatoms. The highest BCUT2D eigenvalue weighted by Gasteiger charge is 2.24. The lowest BCUT2D eigenvalue weighted by Gasteiger charge is -2.09. The van der Waals surface area contributed by atoms with Crippen LogP contribution in [0, 0.1) is 0 Å². The van der Waals surface area contributed by atoms with Crippen molar-refractivity contribution >= 4 is 43.8 Å². The largest absolute Gasteiger partial charge is 0.454 e. The predicted molar refractivity (Wildman–Crippen MR) is 199 cm³/mol. The third-order valence-corrected chi connectivity index (χ3v) is 9.17. The maximum Gasteiger partial charge on any atom is 0.227 e. The van der Waals surface area contributed by atoms with Crippen molar-refractivity contribution in [3.8, 4) is 56.7 Å². The lowest BCUT2D eigenvalue weighted by atomic mass is 10.0. The third-order valence-electron chi connectivity index (χ3n) is 9.17. The second-order valence-corrected chi connectivity index (χ2v) is 12.2. The van der Waals surface area contributed by atoms with Crippen LogP contribution < -0.4 is 0 Å². The molecule has 10 rings (SSSR count). The van der Waals surface area contributed by atoms with Crippen LogP contribution in [-0.2, 0) is 0 Å². The van der Waals surface area contributed by atoms with Gasteiger partial charge in [0.1, 0.15) is 5.58 Å². The normalized spacial score (nSPS) is 11.6. The lowest BCUT2D eigenvalue weighted by molar-refractivity contribution is 0.620. The van der Waals surface area contributed by atoms with Crippen molar-refractivity contribution in [1.82, 2.24) is 19.9 Å². The van der Waals surface area contributed by atoms with E-state index in [4.69, 9.17) is 28.8 Å². The van der Waals surface area contributed by atoms with E-state index in [1.54, 1.807) is 0 Å². The first-order valence-corrected chi connectivity index (χ1v) is 16.5. The van der Waals surface area contributed by atoms with E-state index < -0.39 is 0 Å². The summed E-state index contributed by atoms with van der Waals surface area (Å²) >= 11 is 0. The van der Waals surface area contributed by atoms with Crippen molar-refractivity contribution in [1.29, 1.82) is 0 Å². The van der Waals surface area contributed by atoms with Gasteiger partial charge in [-0.25, -0.2) is 19.9 Å². The Kier molecular flexibility index (Phi) is 6.39. The Morgan fingerprint density at radius 2 is 0.940 bits per heavy atom. The summed E-state index contributed by atoms with van der Waals surface area (Å²) in [5.74, 6) is 2.11. The molecule has 0 bridgehead atoms. The van der Waals surface area contributed by atoms with E-state index in [1.165, 1.54) is 0 Å². The molecule has 0 radical (unpaired) electrons. The fraction of sp³-hybridized carbons (Fsp3) is 0. The molecule has 6 nitrogen and oxygen atoms in total. The van der Waals surface area contributed by atoms with Gasteiger partial charge in [-0.05, 0) is 46.2 Å². The molecule has 7 aromatic carbocycles. The number of nitrogens with zero attached hydrogens (tertiary/aromatic N) is 4. The summed E-state index contributed by atoms with van der Waals surface area (Å²) in [5, 5.41) is 4.16. The van der Waals surface area contributed by atoms with E-state index in [1.807, 2.05) is 91.0 Å². The van der Waals surface area contributed by atoms with Crippen LogP contribution in [-0.4, -0.2) is 19.9 Å². The van der Waals surface area contributed by atoms with Gasteiger partial charge in [-0.1, -0.05) is 133 Å². The van der Waals surface area contributed by atoms with Crippen molar-refractivity contribution in [2.75, 3.05) is 0 Å². The van der Waals surface area contributed by atoms with Crippen molar-refractivity contribution < 1.29 is 8.83 Å². The van der Waals surface area contributed by atoms with Gasteiger partial charge in [0, 0.05) is 27.5 Å². The Morgan fingerprint density at radius 1 is 0.380 bits per heavy atom. The van der Waals surface area contributed by atoms with Crippen LogP contribution in [0.1, 0.15) is 0 Å². The standard InChI is InChI=1S/C44H26N4O2/c1-4-12-27(13-5-1)28-20-22-31(23-21-28)42-46-41(30-15-6-2-7-16-30)47-43(48-42)35-26-34-37-33-19-11-10-14-29(33)24-25-36(37)49-39(34)38-40(35)50-44(45-38)32-17-8-3-9-18-32/h1-26H. The zero-order chi connectivity index (χ0) is 33.0. The maximum absolute atomic E-state index is 6.62. The van der Waals surface area contributed by atoms with Crippen molar-refractivity contribution in [2.45, 2.75) is 0 Å². The second-order valence-electron chi connectivity index (χ2n) is 12.2. The Balaban J connectivity index is 1.25. The topological polar surface area (TPSA) is 77.8 Å². The van der Waals surface area contributed by atoms with Crippen LogP contribution >= 0.6 is 0 Å². The molecule has 3 heterocycles. The van der Waals surface area contributed by atoms with E-state index in [9.17, 15) is 0 Å². The van der Waals surface area contributed by atoms with Gasteiger partial charge in [0.2, 0.25) is 5.89 Å². The van der Waals surface area contributed by atoms with E-state index in [0.29, 0.717) is 45.6 Å². The van der Waals surface area contributed by atoms with Crippen LogP contribution in [0.3, 0.4) is 0 Å². The summed E-state index contributed by atoms with van der Waals surface area (Å²) in [6.07, 6.45) is 0. The van der Waals surface area contributed by atoms with Gasteiger partial charge in [0.15, 0.2) is 34.2 Å². The van der Waals surface area contributed by atoms with Gasteiger partial charge < -0.3 is 8.83 Å². The molecule has 0 spiro atoms. The molecule has 0 aliphatic rings. The van der Waals surface area contributed by atoms with Gasteiger partial charge in [-0.2, -0.15) is 0 Å². The first-order valence-electron chi connectivity index (χ1n) is 16.5. The van der Waals surface area contributed by atoms with E-state index in [0.717, 1.165) is 54.9 Å². The van der Waals surface area contributed by atoms with Crippen LogP contribution in [0.4, 0.5) is 0 Å². The number of benzene rings is 7. The monoisotopic (exact) mass is 642 g/mol. The number of hydrogen-bond acceptors (Lipinski definition) is 6.